The molecule has 1 aliphatic heterocycles. The normalized spacial score (nSPS) is 24.1. The van der Waals surface area contributed by atoms with Crippen molar-refractivity contribution in [2.24, 2.45) is 5.92 Å². The second-order valence-electron chi connectivity index (χ2n) is 3.54. The van der Waals surface area contributed by atoms with Crippen molar-refractivity contribution in [3.8, 4) is 6.07 Å². The minimum Gasteiger partial charge on any atom is -0.375 e. The number of ether oxygens (including phenoxy) is 1. The molecule has 1 saturated heterocycles. The number of carbonyl (C=O) groups is 1. The smallest absolute Gasteiger partial charge is 0.239 e. The molecule has 4 nitrogen and oxygen atoms in total. The van der Waals surface area contributed by atoms with E-state index in [2.05, 4.69) is 0 Å². The zero-order valence-corrected chi connectivity index (χ0v) is 8.69. The number of hydrogen-bond donors (Lipinski definition) is 0. The summed E-state index contributed by atoms with van der Waals surface area (Å²) in [5.41, 5.74) is 0. The van der Waals surface area contributed by atoms with Gasteiger partial charge in [-0.15, -0.1) is 0 Å². The van der Waals surface area contributed by atoms with Crippen LogP contribution in [0.3, 0.4) is 0 Å². The summed E-state index contributed by atoms with van der Waals surface area (Å²) in [6, 6.07) is 1.96. The van der Waals surface area contributed by atoms with Gasteiger partial charge >= 0.3 is 0 Å². The van der Waals surface area contributed by atoms with Crippen molar-refractivity contribution >= 4 is 5.91 Å². The Morgan fingerprint density at radius 3 is 3.07 bits per heavy atom. The third-order valence-electron chi connectivity index (χ3n) is 2.47. The third-order valence-corrected chi connectivity index (χ3v) is 2.47. The lowest BCUT2D eigenvalue weighted by Crippen LogP contribution is -2.47. The Kier molecular flexibility index (Phi) is 3.90. The van der Waals surface area contributed by atoms with Crippen LogP contribution in [0.4, 0.5) is 0 Å². The number of hydrogen-bond acceptors (Lipinski definition) is 3. The molecule has 0 aromatic carbocycles. The van der Waals surface area contributed by atoms with Gasteiger partial charge in [0.1, 0.15) is 5.92 Å². The van der Waals surface area contributed by atoms with Crippen LogP contribution in [0.5, 0.6) is 0 Å². The van der Waals surface area contributed by atoms with Crippen LogP contribution in [-0.2, 0) is 9.53 Å². The van der Waals surface area contributed by atoms with Crippen molar-refractivity contribution < 1.29 is 9.53 Å². The molecule has 1 heterocycles. The van der Waals surface area contributed by atoms with Crippen LogP contribution < -0.4 is 0 Å². The minimum absolute atomic E-state index is 0.0748. The van der Waals surface area contributed by atoms with Crippen molar-refractivity contribution in [1.29, 1.82) is 5.26 Å². The maximum atomic E-state index is 11.6. The average Bonchev–Trinajstić information content (AvgIpc) is 2.27. The molecule has 1 fully saturated rings. The number of amides is 1. The van der Waals surface area contributed by atoms with E-state index in [1.165, 1.54) is 0 Å². The van der Waals surface area contributed by atoms with Gasteiger partial charge in [-0.05, 0) is 13.3 Å². The van der Waals surface area contributed by atoms with E-state index in [4.69, 9.17) is 10.00 Å². The van der Waals surface area contributed by atoms with Gasteiger partial charge in [-0.2, -0.15) is 5.26 Å². The van der Waals surface area contributed by atoms with Crippen LogP contribution in [0.25, 0.3) is 0 Å². The van der Waals surface area contributed by atoms with Crippen LogP contribution in [0.1, 0.15) is 20.3 Å². The van der Waals surface area contributed by atoms with E-state index >= 15 is 0 Å². The van der Waals surface area contributed by atoms with Gasteiger partial charge < -0.3 is 9.64 Å². The summed E-state index contributed by atoms with van der Waals surface area (Å²) < 4.78 is 5.44. The standard InChI is InChI=1S/C10H16N2O2/c1-3-9-7-12(4-5-14-9)10(13)8(2)6-11/h8-9H,3-5,7H2,1-2H3. The molecule has 0 aromatic heterocycles. The molecule has 0 aliphatic carbocycles. The second-order valence-corrected chi connectivity index (χ2v) is 3.54. The largest absolute Gasteiger partial charge is 0.375 e. The van der Waals surface area contributed by atoms with E-state index in [1.54, 1.807) is 11.8 Å². The molecule has 0 spiro atoms. The quantitative estimate of drug-likeness (QED) is 0.656. The summed E-state index contributed by atoms with van der Waals surface area (Å²) in [6.07, 6.45) is 1.05. The topological polar surface area (TPSA) is 53.3 Å². The zero-order chi connectivity index (χ0) is 10.6. The van der Waals surface area contributed by atoms with Crippen molar-refractivity contribution in [2.75, 3.05) is 19.7 Å². The SMILES string of the molecule is CCC1CN(C(=O)C(C)C#N)CCO1. The highest BCUT2D eigenvalue weighted by molar-refractivity contribution is 5.80. The first-order valence-corrected chi connectivity index (χ1v) is 4.99. The van der Waals surface area contributed by atoms with Gasteiger partial charge in [0.05, 0.1) is 18.8 Å². The summed E-state index contributed by atoms with van der Waals surface area (Å²) >= 11 is 0. The molecular weight excluding hydrogens is 180 g/mol. The van der Waals surface area contributed by atoms with Crippen LogP contribution >= 0.6 is 0 Å². The van der Waals surface area contributed by atoms with Gasteiger partial charge in [-0.3, -0.25) is 4.79 Å². The Balaban J connectivity index is 2.52. The van der Waals surface area contributed by atoms with Crippen molar-refractivity contribution in [1.82, 2.24) is 4.90 Å². The predicted molar refractivity (Wildman–Crippen MR) is 51.4 cm³/mol. The number of rotatable bonds is 2. The number of carbonyl (C=O) groups excluding carboxylic acids is 1. The fourth-order valence-corrected chi connectivity index (χ4v) is 1.50. The molecule has 78 valence electrons. The molecular formula is C10H16N2O2. The molecule has 14 heavy (non-hydrogen) atoms. The molecule has 0 bridgehead atoms. The van der Waals surface area contributed by atoms with E-state index in [9.17, 15) is 4.79 Å². The van der Waals surface area contributed by atoms with E-state index < -0.39 is 5.92 Å². The van der Waals surface area contributed by atoms with Gasteiger partial charge in [-0.1, -0.05) is 6.92 Å². The van der Waals surface area contributed by atoms with Crippen LogP contribution in [0, 0.1) is 17.2 Å². The Bertz CT molecular complexity index is 247. The lowest BCUT2D eigenvalue weighted by atomic mass is 10.1. The molecule has 0 radical (unpaired) electrons. The lowest BCUT2D eigenvalue weighted by molar-refractivity contribution is -0.140. The number of nitrogens with zero attached hydrogens (tertiary/aromatic N) is 2. The number of morpholine rings is 1. The van der Waals surface area contributed by atoms with Crippen molar-refractivity contribution in [3.63, 3.8) is 0 Å². The fraction of sp³-hybridized carbons (Fsp3) is 0.800. The monoisotopic (exact) mass is 196 g/mol. The van der Waals surface area contributed by atoms with E-state index in [1.807, 2.05) is 13.0 Å². The predicted octanol–water partition coefficient (Wildman–Crippen LogP) is 0.783. The Labute approximate surface area is 84.4 Å². The maximum Gasteiger partial charge on any atom is 0.239 e. The average molecular weight is 196 g/mol. The molecule has 1 amide bonds. The first kappa shape index (κ1) is 11.0. The molecule has 2 atom stereocenters. The molecule has 0 aromatic rings. The minimum atomic E-state index is -0.536. The van der Waals surface area contributed by atoms with Crippen molar-refractivity contribution in [2.45, 2.75) is 26.4 Å². The molecule has 0 N–H and O–H groups in total. The Morgan fingerprint density at radius 1 is 1.79 bits per heavy atom. The molecule has 4 heteroatoms. The van der Waals surface area contributed by atoms with Gasteiger partial charge in [0.25, 0.3) is 0 Å². The van der Waals surface area contributed by atoms with E-state index in [0.717, 1.165) is 6.42 Å². The first-order chi connectivity index (χ1) is 6.69. The van der Waals surface area contributed by atoms with Crippen LogP contribution in [0.15, 0.2) is 0 Å². The number of nitriles is 1. The summed E-state index contributed by atoms with van der Waals surface area (Å²) in [5, 5.41) is 8.63. The summed E-state index contributed by atoms with van der Waals surface area (Å²) in [7, 11) is 0. The highest BCUT2D eigenvalue weighted by Gasteiger charge is 2.26. The third kappa shape index (κ3) is 2.46. The zero-order valence-electron chi connectivity index (χ0n) is 8.69. The molecule has 1 aliphatic rings. The summed E-state index contributed by atoms with van der Waals surface area (Å²) in [5.74, 6) is -0.611. The van der Waals surface area contributed by atoms with Crippen LogP contribution in [0.2, 0.25) is 0 Å². The van der Waals surface area contributed by atoms with E-state index in [0.29, 0.717) is 19.7 Å². The van der Waals surface area contributed by atoms with E-state index in [-0.39, 0.29) is 12.0 Å². The summed E-state index contributed by atoms with van der Waals surface area (Å²) in [4.78, 5) is 13.4. The van der Waals surface area contributed by atoms with Gasteiger partial charge in [-0.25, -0.2) is 0 Å². The molecule has 0 saturated carbocycles. The van der Waals surface area contributed by atoms with Gasteiger partial charge in [0, 0.05) is 13.1 Å². The Morgan fingerprint density at radius 2 is 2.50 bits per heavy atom. The second kappa shape index (κ2) is 4.97. The van der Waals surface area contributed by atoms with Crippen molar-refractivity contribution in [3.05, 3.63) is 0 Å². The highest BCUT2D eigenvalue weighted by Crippen LogP contribution is 2.11. The van der Waals surface area contributed by atoms with Crippen LogP contribution in [-0.4, -0.2) is 36.6 Å². The fourth-order valence-electron chi connectivity index (χ4n) is 1.50. The highest BCUT2D eigenvalue weighted by atomic mass is 16.5. The van der Waals surface area contributed by atoms with Gasteiger partial charge in [0.2, 0.25) is 5.91 Å². The Hall–Kier alpha value is -1.08. The molecule has 2 unspecified atom stereocenters. The lowest BCUT2D eigenvalue weighted by Gasteiger charge is -2.33. The maximum absolute atomic E-state index is 11.6. The molecule has 1 rings (SSSR count). The summed E-state index contributed by atoms with van der Waals surface area (Å²) in [6.45, 7) is 5.50. The van der Waals surface area contributed by atoms with Gasteiger partial charge in [0.15, 0.2) is 0 Å². The first-order valence-electron chi connectivity index (χ1n) is 4.99.